The lowest BCUT2D eigenvalue weighted by atomic mass is 9.94. The summed E-state index contributed by atoms with van der Waals surface area (Å²) < 4.78 is 5.45. The fraction of sp³-hybridized carbons (Fsp3) is 0.600. The van der Waals surface area contributed by atoms with E-state index >= 15 is 0 Å². The van der Waals surface area contributed by atoms with Crippen LogP contribution in [-0.4, -0.2) is 61.1 Å². The molecular formula is C20H27N3O3. The normalized spacial score (nSPS) is 25.4. The second kappa shape index (κ2) is 7.76. The Hall–Kier alpha value is -1.92. The molecule has 0 radical (unpaired) electrons. The Bertz CT molecular complexity index is 664. The van der Waals surface area contributed by atoms with Crippen LogP contribution in [0.15, 0.2) is 24.3 Å². The Balaban J connectivity index is 1.29. The second-order valence-corrected chi connectivity index (χ2v) is 7.55. The minimum Gasteiger partial charge on any atom is -0.381 e. The molecule has 0 aromatic heterocycles. The molecule has 0 aliphatic carbocycles. The minimum atomic E-state index is -0.467. The fourth-order valence-corrected chi connectivity index (χ4v) is 4.35. The number of benzene rings is 1. The van der Waals surface area contributed by atoms with Gasteiger partial charge in [0, 0.05) is 50.4 Å². The van der Waals surface area contributed by atoms with Crippen molar-refractivity contribution in [2.45, 2.75) is 50.2 Å². The molecule has 26 heavy (non-hydrogen) atoms. The van der Waals surface area contributed by atoms with E-state index in [1.54, 1.807) is 0 Å². The molecule has 140 valence electrons. The molecule has 0 spiro atoms. The van der Waals surface area contributed by atoms with Crippen LogP contribution < -0.4 is 10.6 Å². The summed E-state index contributed by atoms with van der Waals surface area (Å²) in [5.74, 6) is -0.210. The minimum absolute atomic E-state index is 0.0580. The number of nitrogens with one attached hydrogen (secondary N) is 2. The average Bonchev–Trinajstić information content (AvgIpc) is 2.69. The predicted octanol–water partition coefficient (Wildman–Crippen LogP) is 1.10. The highest BCUT2D eigenvalue weighted by Crippen LogP contribution is 2.21. The maximum atomic E-state index is 12.6. The van der Waals surface area contributed by atoms with Crippen LogP contribution in [0.3, 0.4) is 0 Å². The van der Waals surface area contributed by atoms with E-state index in [1.165, 1.54) is 0 Å². The highest BCUT2D eigenvalue weighted by molar-refractivity contribution is 6.00. The molecule has 1 atom stereocenters. The van der Waals surface area contributed by atoms with E-state index in [-0.39, 0.29) is 17.9 Å². The van der Waals surface area contributed by atoms with Crippen LogP contribution in [-0.2, 0) is 16.0 Å². The largest absolute Gasteiger partial charge is 0.381 e. The zero-order valence-corrected chi connectivity index (χ0v) is 15.1. The van der Waals surface area contributed by atoms with Crippen molar-refractivity contribution in [3.63, 3.8) is 0 Å². The zero-order chi connectivity index (χ0) is 17.9. The van der Waals surface area contributed by atoms with Gasteiger partial charge in [-0.15, -0.1) is 0 Å². The Morgan fingerprint density at radius 3 is 2.62 bits per heavy atom. The van der Waals surface area contributed by atoms with Crippen molar-refractivity contribution < 1.29 is 14.3 Å². The summed E-state index contributed by atoms with van der Waals surface area (Å²) in [6.07, 6.45) is 4.74. The summed E-state index contributed by atoms with van der Waals surface area (Å²) in [6.45, 7) is 3.78. The number of ether oxygens (including phenoxy) is 1. The van der Waals surface area contributed by atoms with Crippen LogP contribution in [0.4, 0.5) is 0 Å². The van der Waals surface area contributed by atoms with E-state index in [0.29, 0.717) is 18.0 Å². The van der Waals surface area contributed by atoms with Crippen LogP contribution in [0.1, 0.15) is 41.6 Å². The predicted molar refractivity (Wildman–Crippen MR) is 98.0 cm³/mol. The van der Waals surface area contributed by atoms with E-state index in [9.17, 15) is 9.59 Å². The van der Waals surface area contributed by atoms with Crippen molar-refractivity contribution in [2.24, 2.45) is 0 Å². The molecule has 2 N–H and O–H groups in total. The molecule has 0 saturated carbocycles. The van der Waals surface area contributed by atoms with E-state index in [1.807, 2.05) is 24.3 Å². The first-order valence-electron chi connectivity index (χ1n) is 9.71. The molecule has 2 saturated heterocycles. The molecule has 3 aliphatic rings. The highest BCUT2D eigenvalue weighted by Gasteiger charge is 2.31. The summed E-state index contributed by atoms with van der Waals surface area (Å²) in [5.41, 5.74) is 1.63. The van der Waals surface area contributed by atoms with Crippen molar-refractivity contribution >= 4 is 11.8 Å². The maximum absolute atomic E-state index is 12.6. The molecular weight excluding hydrogens is 330 g/mol. The molecule has 2 fully saturated rings. The van der Waals surface area contributed by atoms with Gasteiger partial charge in [0.25, 0.3) is 5.91 Å². The highest BCUT2D eigenvalue weighted by atomic mass is 16.5. The SMILES string of the molecule is O=C1N[C@H](C(=O)NC2CCN(C3CCOCC3)CC2)Cc2ccccc21. The molecule has 0 bridgehead atoms. The van der Waals surface area contributed by atoms with Crippen LogP contribution in [0.25, 0.3) is 0 Å². The van der Waals surface area contributed by atoms with Gasteiger partial charge >= 0.3 is 0 Å². The summed E-state index contributed by atoms with van der Waals surface area (Å²) in [4.78, 5) is 27.4. The first kappa shape index (κ1) is 17.5. The number of fused-ring (bicyclic) bond motifs is 1. The van der Waals surface area contributed by atoms with Gasteiger partial charge in [0.1, 0.15) is 6.04 Å². The fourth-order valence-electron chi connectivity index (χ4n) is 4.35. The lowest BCUT2D eigenvalue weighted by molar-refractivity contribution is -0.124. The van der Waals surface area contributed by atoms with E-state index in [0.717, 1.165) is 57.6 Å². The third kappa shape index (κ3) is 3.76. The standard InChI is InChI=1S/C20H27N3O3/c24-19-17-4-2-1-3-14(17)13-18(22-19)20(25)21-15-5-9-23(10-6-15)16-7-11-26-12-8-16/h1-4,15-16,18H,5-13H2,(H,21,25)(H,22,24)/t18-/m0/s1. The number of hydrogen-bond donors (Lipinski definition) is 2. The summed E-state index contributed by atoms with van der Waals surface area (Å²) in [6, 6.07) is 7.88. The molecule has 0 unspecified atom stereocenters. The Morgan fingerprint density at radius 2 is 1.85 bits per heavy atom. The summed E-state index contributed by atoms with van der Waals surface area (Å²) >= 11 is 0. The number of amides is 2. The number of piperidine rings is 1. The van der Waals surface area contributed by atoms with Crippen molar-refractivity contribution in [3.8, 4) is 0 Å². The monoisotopic (exact) mass is 357 g/mol. The van der Waals surface area contributed by atoms with E-state index in [4.69, 9.17) is 4.74 Å². The molecule has 6 heteroatoms. The summed E-state index contributed by atoms with van der Waals surface area (Å²) in [7, 11) is 0. The molecule has 3 aliphatic heterocycles. The van der Waals surface area contributed by atoms with Gasteiger partial charge in [0.05, 0.1) is 0 Å². The van der Waals surface area contributed by atoms with Crippen LogP contribution in [0.2, 0.25) is 0 Å². The topological polar surface area (TPSA) is 70.7 Å². The van der Waals surface area contributed by atoms with Crippen LogP contribution in [0, 0.1) is 0 Å². The Morgan fingerprint density at radius 1 is 1.12 bits per heavy atom. The molecule has 1 aromatic rings. The van der Waals surface area contributed by atoms with Gasteiger partial charge in [0.2, 0.25) is 5.91 Å². The number of hydrogen-bond acceptors (Lipinski definition) is 4. The van der Waals surface area contributed by atoms with Crippen molar-refractivity contribution in [2.75, 3.05) is 26.3 Å². The Labute approximate surface area is 154 Å². The van der Waals surface area contributed by atoms with Gasteiger partial charge in [-0.3, -0.25) is 9.59 Å². The van der Waals surface area contributed by atoms with Gasteiger partial charge in [-0.2, -0.15) is 0 Å². The Kier molecular flexibility index (Phi) is 5.22. The van der Waals surface area contributed by atoms with Crippen LogP contribution in [0.5, 0.6) is 0 Å². The van der Waals surface area contributed by atoms with Gasteiger partial charge in [-0.05, 0) is 37.3 Å². The number of carbonyl (C=O) groups excluding carboxylic acids is 2. The average molecular weight is 357 g/mol. The molecule has 3 heterocycles. The van der Waals surface area contributed by atoms with E-state index in [2.05, 4.69) is 15.5 Å². The number of likely N-dealkylation sites (tertiary alicyclic amines) is 1. The van der Waals surface area contributed by atoms with Gasteiger partial charge in [-0.25, -0.2) is 0 Å². The third-order valence-electron chi connectivity index (χ3n) is 5.89. The van der Waals surface area contributed by atoms with Gasteiger partial charge < -0.3 is 20.3 Å². The lowest BCUT2D eigenvalue weighted by Gasteiger charge is -2.39. The zero-order valence-electron chi connectivity index (χ0n) is 15.1. The molecule has 2 amide bonds. The first-order valence-corrected chi connectivity index (χ1v) is 9.71. The van der Waals surface area contributed by atoms with Gasteiger partial charge in [0.15, 0.2) is 0 Å². The smallest absolute Gasteiger partial charge is 0.252 e. The van der Waals surface area contributed by atoms with Crippen molar-refractivity contribution in [3.05, 3.63) is 35.4 Å². The lowest BCUT2D eigenvalue weighted by Crippen LogP contribution is -2.55. The van der Waals surface area contributed by atoms with Crippen LogP contribution >= 0.6 is 0 Å². The number of rotatable bonds is 3. The van der Waals surface area contributed by atoms with E-state index < -0.39 is 6.04 Å². The second-order valence-electron chi connectivity index (χ2n) is 7.55. The first-order chi connectivity index (χ1) is 12.7. The van der Waals surface area contributed by atoms with Crippen molar-refractivity contribution in [1.29, 1.82) is 0 Å². The third-order valence-corrected chi connectivity index (χ3v) is 5.89. The quantitative estimate of drug-likeness (QED) is 0.850. The van der Waals surface area contributed by atoms with Crippen molar-refractivity contribution in [1.82, 2.24) is 15.5 Å². The van der Waals surface area contributed by atoms with Gasteiger partial charge in [-0.1, -0.05) is 18.2 Å². The number of nitrogens with zero attached hydrogens (tertiary/aromatic N) is 1. The molecule has 1 aromatic carbocycles. The molecule has 4 rings (SSSR count). The summed E-state index contributed by atoms with van der Waals surface area (Å²) in [5, 5.41) is 6.01. The molecule has 6 nitrogen and oxygen atoms in total. The maximum Gasteiger partial charge on any atom is 0.252 e. The number of carbonyl (C=O) groups is 2.